The highest BCUT2D eigenvalue weighted by Crippen LogP contribution is 2.58. The van der Waals surface area contributed by atoms with Crippen LogP contribution in [0, 0.1) is 0 Å². The molecule has 8 amide bonds. The lowest BCUT2D eigenvalue weighted by Gasteiger charge is -2.45. The highest BCUT2D eigenvalue weighted by molar-refractivity contribution is 6.02. The van der Waals surface area contributed by atoms with Crippen LogP contribution in [-0.2, 0) is 39.1 Å². The number of carbonyl (C=O) groups is 8. The lowest BCUT2D eigenvalue weighted by molar-refractivity contribution is -0.148. The molecular formula is C70H114N16O9. The number of hydrogen-bond acceptors (Lipinski definition) is 17. The second-order valence-electron chi connectivity index (χ2n) is 24.7. The molecule has 3 aromatic carbocycles. The van der Waals surface area contributed by atoms with Crippen molar-refractivity contribution in [1.82, 2.24) is 34.3 Å². The van der Waals surface area contributed by atoms with Gasteiger partial charge < -0.3 is 89.0 Å². The van der Waals surface area contributed by atoms with Gasteiger partial charge in [-0.05, 0) is 181 Å². The van der Waals surface area contributed by atoms with Crippen molar-refractivity contribution in [3.8, 4) is 11.5 Å². The molecule has 2 aliphatic heterocycles. The summed E-state index contributed by atoms with van der Waals surface area (Å²) < 4.78 is 6.91. The molecule has 0 saturated carbocycles. The molecule has 2 heterocycles. The Kier molecular flexibility index (Phi) is 34.2. The Balaban J connectivity index is 1.35. The maximum atomic E-state index is 15.0. The summed E-state index contributed by atoms with van der Waals surface area (Å²) in [6, 6.07) is 20.5. The van der Waals surface area contributed by atoms with E-state index in [1.165, 1.54) is 24.5 Å². The molecular weight excluding hydrogens is 1210 g/mol. The van der Waals surface area contributed by atoms with Crippen LogP contribution in [0.1, 0.15) is 157 Å². The quantitative estimate of drug-likeness (QED) is 0.0396. The number of amides is 8. The molecule has 528 valence electrons. The predicted octanol–water partition coefficient (Wildman–Crippen LogP) is 3.68. The summed E-state index contributed by atoms with van der Waals surface area (Å²) in [7, 11) is 0. The highest BCUT2D eigenvalue weighted by atomic mass is 16.5. The van der Waals surface area contributed by atoms with E-state index in [1.807, 2.05) is 23.1 Å². The van der Waals surface area contributed by atoms with E-state index >= 15 is 0 Å². The maximum absolute atomic E-state index is 15.0. The van der Waals surface area contributed by atoms with Crippen LogP contribution in [0.25, 0.3) is 0 Å². The number of unbranched alkanes of at least 4 members (excludes halogenated alkanes) is 8. The van der Waals surface area contributed by atoms with Gasteiger partial charge in [-0.1, -0.05) is 36.8 Å². The standard InChI is InChI=1S/C70H114N16O9/c1-5-78(6-2)54-29-31-58-60(46-54)95-61-47-55(79(7-3)8-4)30-32-59(61)70(58)57-27-12-11-26-56(57)69(94)86(70)45-19-9-10-28-63(88)81(40-21-14-34-72)49-65(90)83(42-23-16-36-74)51-67(92)85(44-25-18-38-76)53-68(93)84(43-24-17-37-75)52-66(91)82(41-22-15-35-73)50-64(89)80(48-62(77)87)39-20-13-33-71/h11-12,26-27,29-32,46-47H,5-10,13-25,28,33-45,48-53,71-76H2,1-4H3,(H2,77,87). The highest BCUT2D eigenvalue weighted by Gasteiger charge is 2.56. The van der Waals surface area contributed by atoms with Crippen LogP contribution in [-0.4, -0.2) is 232 Å². The van der Waals surface area contributed by atoms with Gasteiger partial charge >= 0.3 is 0 Å². The number of primary amides is 1. The number of fused-ring (bicyclic) bond motifs is 6. The van der Waals surface area contributed by atoms with Crippen molar-refractivity contribution in [3.05, 3.63) is 82.9 Å². The van der Waals surface area contributed by atoms with Gasteiger partial charge in [0.05, 0.1) is 39.3 Å². The molecule has 3 aromatic rings. The minimum atomic E-state index is -1.00. The van der Waals surface area contributed by atoms with E-state index in [9.17, 15) is 38.4 Å². The summed E-state index contributed by atoms with van der Waals surface area (Å²) in [5.41, 5.74) is 45.0. The first-order chi connectivity index (χ1) is 46.0. The van der Waals surface area contributed by atoms with E-state index in [2.05, 4.69) is 80.0 Å². The number of hydrogen-bond donors (Lipinski definition) is 7. The number of benzene rings is 3. The molecule has 0 saturated heterocycles. The summed E-state index contributed by atoms with van der Waals surface area (Å²) >= 11 is 0. The van der Waals surface area contributed by atoms with Crippen LogP contribution < -0.4 is 54.7 Å². The molecule has 95 heavy (non-hydrogen) atoms. The maximum Gasteiger partial charge on any atom is 0.255 e. The van der Waals surface area contributed by atoms with Crippen molar-refractivity contribution in [3.63, 3.8) is 0 Å². The molecule has 0 aliphatic carbocycles. The first kappa shape index (κ1) is 78.3. The fraction of sp³-hybridized carbons (Fsp3) is 0.629. The Morgan fingerprint density at radius 3 is 1.07 bits per heavy atom. The number of nitrogens with zero attached hydrogens (tertiary/aromatic N) is 9. The van der Waals surface area contributed by atoms with Gasteiger partial charge in [-0.15, -0.1) is 0 Å². The third-order valence-electron chi connectivity index (χ3n) is 18.0. The number of rotatable bonds is 48. The smallest absolute Gasteiger partial charge is 0.255 e. The molecule has 5 rings (SSSR count). The van der Waals surface area contributed by atoms with Crippen molar-refractivity contribution in [2.45, 2.75) is 136 Å². The molecule has 2 aliphatic rings. The van der Waals surface area contributed by atoms with Gasteiger partial charge in [-0.2, -0.15) is 0 Å². The van der Waals surface area contributed by atoms with Gasteiger partial charge in [0.2, 0.25) is 41.4 Å². The van der Waals surface area contributed by atoms with Gasteiger partial charge in [0.1, 0.15) is 17.0 Å². The second-order valence-corrected chi connectivity index (χ2v) is 24.7. The minimum Gasteiger partial charge on any atom is -0.456 e. The van der Waals surface area contributed by atoms with Gasteiger partial charge in [0.25, 0.3) is 5.91 Å². The Labute approximate surface area is 564 Å². The first-order valence-corrected chi connectivity index (χ1v) is 35.0. The van der Waals surface area contributed by atoms with Gasteiger partial charge in [-0.3, -0.25) is 38.4 Å². The third kappa shape index (κ3) is 22.1. The third-order valence-corrected chi connectivity index (χ3v) is 18.0. The van der Waals surface area contributed by atoms with Crippen LogP contribution in [0.4, 0.5) is 11.4 Å². The monoisotopic (exact) mass is 1320 g/mol. The number of ether oxygens (including phenoxy) is 1. The summed E-state index contributed by atoms with van der Waals surface area (Å²) in [5.74, 6) is -2.11. The lowest BCUT2D eigenvalue weighted by Crippen LogP contribution is -2.52. The zero-order valence-electron chi connectivity index (χ0n) is 57.6. The second kappa shape index (κ2) is 41.5. The Morgan fingerprint density at radius 2 is 0.737 bits per heavy atom. The zero-order chi connectivity index (χ0) is 69.3. The van der Waals surface area contributed by atoms with E-state index in [-0.39, 0.29) is 77.1 Å². The van der Waals surface area contributed by atoms with Gasteiger partial charge in [0.15, 0.2) is 0 Å². The fourth-order valence-electron chi connectivity index (χ4n) is 12.7. The molecule has 0 unspecified atom stereocenters. The fourth-order valence-corrected chi connectivity index (χ4v) is 12.7. The van der Waals surface area contributed by atoms with Gasteiger partial charge in [-0.25, -0.2) is 0 Å². The van der Waals surface area contributed by atoms with Crippen molar-refractivity contribution < 1.29 is 43.1 Å². The Hall–Kier alpha value is -7.42. The first-order valence-electron chi connectivity index (χ1n) is 35.0. The van der Waals surface area contributed by atoms with Crippen LogP contribution >= 0.6 is 0 Å². The lowest BCUT2D eigenvalue weighted by atomic mass is 9.74. The van der Waals surface area contributed by atoms with E-state index < -0.39 is 60.6 Å². The molecule has 0 bridgehead atoms. The SMILES string of the molecule is CCN(CC)c1ccc2c(c1)Oc1cc(N(CC)CC)ccc1C21c2ccccc2C(=O)N1CCCCCC(=O)N(CCCCN)CC(=O)N(CCCCN)CC(=O)N(CCCCN)CC(=O)N(CCCCN)CC(=O)N(CCCCN)CC(=O)N(CCCCN)CC(N)=O. The van der Waals surface area contributed by atoms with Crippen molar-refractivity contribution in [2.24, 2.45) is 40.1 Å². The molecule has 25 heteroatoms. The van der Waals surface area contributed by atoms with E-state index in [0.717, 1.165) is 54.2 Å². The van der Waals surface area contributed by atoms with Gasteiger partial charge in [0, 0.05) is 119 Å². The normalized spacial score (nSPS) is 12.6. The topological polar surface area (TPSA) is 357 Å². The van der Waals surface area contributed by atoms with Crippen LogP contribution in [0.5, 0.6) is 11.5 Å². The summed E-state index contributed by atoms with van der Waals surface area (Å²) in [6.45, 7) is 13.1. The molecule has 0 aromatic heterocycles. The number of nitrogens with two attached hydrogens (primary N) is 7. The molecule has 1 spiro atoms. The van der Waals surface area contributed by atoms with Crippen molar-refractivity contribution >= 4 is 58.6 Å². The van der Waals surface area contributed by atoms with Crippen LogP contribution in [0.3, 0.4) is 0 Å². The van der Waals surface area contributed by atoms with Crippen molar-refractivity contribution in [1.29, 1.82) is 0 Å². The molecule has 0 atom stereocenters. The van der Waals surface area contributed by atoms with Crippen molar-refractivity contribution in [2.75, 3.05) is 160 Å². The summed E-state index contributed by atoms with van der Waals surface area (Å²) in [4.78, 5) is 128. The number of anilines is 2. The molecule has 14 N–H and O–H groups in total. The average Bonchev–Trinajstić information content (AvgIpc) is 1.58. The number of carbonyl (C=O) groups excluding carboxylic acids is 8. The summed E-state index contributed by atoms with van der Waals surface area (Å²) in [6.07, 6.45) is 8.16. The summed E-state index contributed by atoms with van der Waals surface area (Å²) in [5, 5.41) is 0. The predicted molar refractivity (Wildman–Crippen MR) is 374 cm³/mol. The molecule has 0 radical (unpaired) electrons. The van der Waals surface area contributed by atoms with E-state index in [0.29, 0.717) is 159 Å². The zero-order valence-corrected chi connectivity index (χ0v) is 57.6. The van der Waals surface area contributed by atoms with E-state index in [1.54, 1.807) is 4.90 Å². The largest absolute Gasteiger partial charge is 0.456 e. The minimum absolute atomic E-state index is 0.0851. The average molecular weight is 1320 g/mol. The van der Waals surface area contributed by atoms with Crippen LogP contribution in [0.2, 0.25) is 0 Å². The molecule has 25 nitrogen and oxygen atoms in total. The Bertz CT molecular complexity index is 2860. The van der Waals surface area contributed by atoms with Crippen LogP contribution in [0.15, 0.2) is 60.7 Å². The Morgan fingerprint density at radius 1 is 0.400 bits per heavy atom. The molecule has 0 fully saturated rings. The van der Waals surface area contributed by atoms with E-state index in [4.69, 9.17) is 44.9 Å².